The maximum atomic E-state index is 11.1. The van der Waals surface area contributed by atoms with Crippen LogP contribution in [-0.2, 0) is 0 Å². The summed E-state index contributed by atoms with van der Waals surface area (Å²) in [4.78, 5) is 0. The second kappa shape index (κ2) is 15.3. The average molecular weight is 474 g/mol. The molecule has 0 spiro atoms. The molecule has 0 fully saturated rings. The fraction of sp³-hybridized carbons (Fsp3) is 0.500. The SMILES string of the molecule is CCC[CH2][Sn+2][CH2]CCC.[O-]/C=N\N=C\c1cc(Br)ccc1[O-]. The van der Waals surface area contributed by atoms with Gasteiger partial charge in [0.25, 0.3) is 0 Å². The van der Waals surface area contributed by atoms with Crippen LogP contribution in [0.5, 0.6) is 5.75 Å². The summed E-state index contributed by atoms with van der Waals surface area (Å²) in [5.41, 5.74) is 0.389. The molecular weight excluding hydrogens is 451 g/mol. The molecule has 120 valence electrons. The standard InChI is InChI=1S/C8H7BrN2O2.2C4H9.Sn/c9-7-1-2-8(13)6(3-7)4-10-11-5-12;2*1-3-4-2;/h1-5,13H,(H,11,12);2*1,3-4H2,2H3;/q;;;+2/p-2/b10-4+;;;. The molecular formula is C16H23BrN2O2Sn. The van der Waals surface area contributed by atoms with Crippen molar-refractivity contribution in [1.29, 1.82) is 0 Å². The van der Waals surface area contributed by atoms with Crippen molar-refractivity contribution in [2.45, 2.75) is 48.4 Å². The van der Waals surface area contributed by atoms with E-state index < -0.39 is 0 Å². The Bertz CT molecular complexity index is 448. The van der Waals surface area contributed by atoms with Gasteiger partial charge in [-0.15, -0.1) is 0 Å². The third kappa shape index (κ3) is 12.0. The summed E-state index contributed by atoms with van der Waals surface area (Å²) in [7, 11) is 0. The Morgan fingerprint density at radius 3 is 2.32 bits per heavy atom. The van der Waals surface area contributed by atoms with Crippen LogP contribution in [0.2, 0.25) is 8.87 Å². The molecule has 1 rings (SSSR count). The van der Waals surface area contributed by atoms with Gasteiger partial charge in [0.05, 0.1) is 6.21 Å². The van der Waals surface area contributed by atoms with Crippen molar-refractivity contribution in [2.75, 3.05) is 0 Å². The van der Waals surface area contributed by atoms with Gasteiger partial charge < -0.3 is 10.2 Å². The molecule has 0 amide bonds. The normalized spacial score (nSPS) is 10.5. The van der Waals surface area contributed by atoms with Crippen LogP contribution >= 0.6 is 15.9 Å². The van der Waals surface area contributed by atoms with E-state index in [0.29, 0.717) is 12.0 Å². The van der Waals surface area contributed by atoms with Gasteiger partial charge in [-0.25, -0.2) is 0 Å². The summed E-state index contributed by atoms with van der Waals surface area (Å²) in [6.07, 6.45) is 7.38. The molecule has 0 aliphatic heterocycles. The Morgan fingerprint density at radius 1 is 1.14 bits per heavy atom. The third-order valence-corrected chi connectivity index (χ3v) is 7.23. The molecule has 1 aromatic rings. The van der Waals surface area contributed by atoms with Gasteiger partial charge in [0.15, 0.2) is 0 Å². The molecule has 0 unspecified atom stereocenters. The number of rotatable bonds is 8. The van der Waals surface area contributed by atoms with Crippen LogP contribution in [-0.4, -0.2) is 33.8 Å². The van der Waals surface area contributed by atoms with Gasteiger partial charge in [-0.3, -0.25) is 0 Å². The number of hydrogen-bond donors (Lipinski definition) is 0. The predicted molar refractivity (Wildman–Crippen MR) is 94.9 cm³/mol. The van der Waals surface area contributed by atoms with Gasteiger partial charge in [-0.2, -0.15) is 10.2 Å². The maximum Gasteiger partial charge on any atom is 0.0561 e. The van der Waals surface area contributed by atoms with E-state index in [1.165, 1.54) is 38.0 Å². The molecule has 0 atom stereocenters. The minimum Gasteiger partial charge on any atom is -0.872 e. The maximum absolute atomic E-state index is 11.1. The molecule has 0 aliphatic rings. The molecule has 6 heteroatoms. The molecule has 0 saturated carbocycles. The van der Waals surface area contributed by atoms with Crippen molar-refractivity contribution < 1.29 is 10.2 Å². The van der Waals surface area contributed by atoms with Crippen LogP contribution < -0.4 is 10.2 Å². The van der Waals surface area contributed by atoms with Crippen molar-refractivity contribution in [1.82, 2.24) is 0 Å². The minimum absolute atomic E-state index is 0.149. The zero-order valence-electron chi connectivity index (χ0n) is 13.2. The predicted octanol–water partition coefficient (Wildman–Crippen LogP) is 3.37. The van der Waals surface area contributed by atoms with Crippen LogP contribution in [0.4, 0.5) is 0 Å². The van der Waals surface area contributed by atoms with E-state index in [1.807, 2.05) is 0 Å². The van der Waals surface area contributed by atoms with Crippen molar-refractivity contribution >= 4 is 49.7 Å². The molecule has 1 aromatic carbocycles. The van der Waals surface area contributed by atoms with E-state index in [4.69, 9.17) is 0 Å². The third-order valence-electron chi connectivity index (χ3n) is 2.70. The molecule has 0 bridgehead atoms. The Kier molecular flexibility index (Phi) is 14.9. The smallest absolute Gasteiger partial charge is 0.0561 e. The first-order valence-electron chi connectivity index (χ1n) is 7.49. The van der Waals surface area contributed by atoms with Crippen molar-refractivity contribution in [3.63, 3.8) is 0 Å². The van der Waals surface area contributed by atoms with Crippen LogP contribution in [0.3, 0.4) is 0 Å². The van der Waals surface area contributed by atoms with Gasteiger partial charge in [0.1, 0.15) is 0 Å². The Balaban J connectivity index is 0.000000433. The van der Waals surface area contributed by atoms with E-state index in [0.717, 1.165) is 4.47 Å². The van der Waals surface area contributed by atoms with Crippen molar-refractivity contribution in [3.05, 3.63) is 28.2 Å². The largest absolute Gasteiger partial charge is 0.872 e. The molecule has 22 heavy (non-hydrogen) atoms. The zero-order valence-corrected chi connectivity index (χ0v) is 17.7. The second-order valence-corrected chi connectivity index (χ2v) is 9.80. The molecule has 0 radical (unpaired) electrons. The van der Waals surface area contributed by atoms with Gasteiger partial charge in [-0.1, -0.05) is 27.7 Å². The number of hydrogen-bond acceptors (Lipinski definition) is 4. The van der Waals surface area contributed by atoms with Gasteiger partial charge in [-0.05, 0) is 24.1 Å². The first-order valence-corrected chi connectivity index (χ1v) is 12.3. The quantitative estimate of drug-likeness (QED) is 0.191. The fourth-order valence-corrected chi connectivity index (χ4v) is 6.01. The van der Waals surface area contributed by atoms with Crippen LogP contribution in [0, 0.1) is 0 Å². The van der Waals surface area contributed by atoms with Gasteiger partial charge >= 0.3 is 69.5 Å². The molecule has 0 aromatic heterocycles. The second-order valence-electron chi connectivity index (χ2n) is 4.60. The van der Waals surface area contributed by atoms with E-state index in [9.17, 15) is 10.2 Å². The first-order chi connectivity index (χ1) is 10.7. The number of nitrogens with zero attached hydrogens (tertiary/aromatic N) is 2. The molecule has 0 N–H and O–H groups in total. The van der Waals surface area contributed by atoms with Crippen LogP contribution in [0.1, 0.15) is 45.1 Å². The molecule has 0 aliphatic carbocycles. The zero-order chi connectivity index (χ0) is 16.6. The summed E-state index contributed by atoms with van der Waals surface area (Å²) in [6, 6.07) is 4.65. The summed E-state index contributed by atoms with van der Waals surface area (Å²) >= 11 is 3.35. The number of unbranched alkanes of at least 4 members (excludes halogenated alkanes) is 2. The van der Waals surface area contributed by atoms with Gasteiger partial charge in [0.2, 0.25) is 0 Å². The Morgan fingerprint density at radius 2 is 1.77 bits per heavy atom. The van der Waals surface area contributed by atoms with Crippen LogP contribution in [0.15, 0.2) is 32.9 Å². The number of halogens is 1. The summed E-state index contributed by atoms with van der Waals surface area (Å²) in [6.45, 7) is 4.58. The van der Waals surface area contributed by atoms with E-state index >= 15 is 0 Å². The first kappa shape index (κ1) is 21.4. The van der Waals surface area contributed by atoms with E-state index in [-0.39, 0.29) is 26.9 Å². The summed E-state index contributed by atoms with van der Waals surface area (Å²) in [5.74, 6) is -0.159. The minimum atomic E-state index is -0.159. The van der Waals surface area contributed by atoms with E-state index in [1.54, 1.807) is 21.0 Å². The Labute approximate surface area is 152 Å². The van der Waals surface area contributed by atoms with Crippen molar-refractivity contribution in [2.24, 2.45) is 10.2 Å². The van der Waals surface area contributed by atoms with Gasteiger partial charge in [0, 0.05) is 4.47 Å². The van der Waals surface area contributed by atoms with Crippen LogP contribution in [0.25, 0.3) is 0 Å². The molecule has 0 heterocycles. The monoisotopic (exact) mass is 474 g/mol. The van der Waals surface area contributed by atoms with E-state index in [2.05, 4.69) is 40.0 Å². The molecule has 4 nitrogen and oxygen atoms in total. The molecule has 0 saturated heterocycles. The number of benzene rings is 1. The summed E-state index contributed by atoms with van der Waals surface area (Å²) < 4.78 is 4.03. The van der Waals surface area contributed by atoms with Crippen molar-refractivity contribution in [3.8, 4) is 5.75 Å². The fourth-order valence-electron chi connectivity index (χ4n) is 1.47. The summed E-state index contributed by atoms with van der Waals surface area (Å²) in [5, 5.41) is 27.3. The Hall–Kier alpha value is -0.561. The topological polar surface area (TPSA) is 70.8 Å². The average Bonchev–Trinajstić information content (AvgIpc) is 2.51.